The summed E-state index contributed by atoms with van der Waals surface area (Å²) in [6.45, 7) is 5.30. The van der Waals surface area contributed by atoms with E-state index in [1.54, 1.807) is 0 Å². The number of nitrogen functional groups attached to an aromatic ring is 1. The number of fused-ring (bicyclic) bond motifs is 1. The normalized spacial score (nSPS) is 15.8. The van der Waals surface area contributed by atoms with E-state index in [9.17, 15) is 0 Å². The molecule has 24 heavy (non-hydrogen) atoms. The van der Waals surface area contributed by atoms with Crippen LogP contribution in [0.1, 0.15) is 11.1 Å². The van der Waals surface area contributed by atoms with Gasteiger partial charge in [0.05, 0.1) is 30.8 Å². The summed E-state index contributed by atoms with van der Waals surface area (Å²) in [6, 6.07) is 16.8. The van der Waals surface area contributed by atoms with Crippen LogP contribution in [0.2, 0.25) is 0 Å². The number of nitrogens with two attached hydrogens (primary N) is 1. The third-order valence-corrected chi connectivity index (χ3v) is 4.54. The highest BCUT2D eigenvalue weighted by Crippen LogP contribution is 2.21. The second kappa shape index (κ2) is 6.63. The van der Waals surface area contributed by atoms with Gasteiger partial charge in [0.1, 0.15) is 0 Å². The minimum Gasteiger partial charge on any atom is -0.379 e. The van der Waals surface area contributed by atoms with Crippen LogP contribution in [-0.4, -0.2) is 40.8 Å². The lowest BCUT2D eigenvalue weighted by molar-refractivity contribution is 0.0342. The standard InChI is InChI=1S/C19H22N4O/c20-19-21-17-12-16(13-22-8-10-24-11-9-22)6-7-18(17)23(19)14-15-4-2-1-3-5-15/h1-7,12H,8-11,13-14H2,(H2,20,21). The van der Waals surface area contributed by atoms with Crippen LogP contribution in [-0.2, 0) is 17.8 Å². The van der Waals surface area contributed by atoms with Gasteiger partial charge < -0.3 is 15.0 Å². The number of hydrogen-bond acceptors (Lipinski definition) is 4. The second-order valence-electron chi connectivity index (χ2n) is 6.25. The van der Waals surface area contributed by atoms with Gasteiger partial charge in [-0.1, -0.05) is 36.4 Å². The van der Waals surface area contributed by atoms with Crippen molar-refractivity contribution in [3.63, 3.8) is 0 Å². The molecule has 124 valence electrons. The molecule has 1 aliphatic rings. The van der Waals surface area contributed by atoms with Gasteiger partial charge in [-0.2, -0.15) is 0 Å². The largest absolute Gasteiger partial charge is 0.379 e. The van der Waals surface area contributed by atoms with Crippen LogP contribution < -0.4 is 5.73 Å². The van der Waals surface area contributed by atoms with Crippen molar-refractivity contribution in [1.29, 1.82) is 0 Å². The highest BCUT2D eigenvalue weighted by atomic mass is 16.5. The second-order valence-corrected chi connectivity index (χ2v) is 6.25. The fraction of sp³-hybridized carbons (Fsp3) is 0.316. The Bertz CT molecular complexity index is 822. The van der Waals surface area contributed by atoms with Gasteiger partial charge in [-0.15, -0.1) is 0 Å². The van der Waals surface area contributed by atoms with E-state index < -0.39 is 0 Å². The first-order chi connectivity index (χ1) is 11.8. The molecule has 0 aliphatic carbocycles. The molecule has 2 N–H and O–H groups in total. The lowest BCUT2D eigenvalue weighted by Crippen LogP contribution is -2.35. The zero-order valence-corrected chi connectivity index (χ0v) is 13.7. The van der Waals surface area contributed by atoms with Crippen LogP contribution in [0.3, 0.4) is 0 Å². The average molecular weight is 322 g/mol. The van der Waals surface area contributed by atoms with Gasteiger partial charge in [-0.25, -0.2) is 4.98 Å². The smallest absolute Gasteiger partial charge is 0.201 e. The average Bonchev–Trinajstić information content (AvgIpc) is 2.92. The lowest BCUT2D eigenvalue weighted by atomic mass is 10.1. The maximum absolute atomic E-state index is 6.16. The van der Waals surface area contributed by atoms with Crippen molar-refractivity contribution in [3.8, 4) is 0 Å². The third-order valence-electron chi connectivity index (χ3n) is 4.54. The molecule has 0 bridgehead atoms. The minimum absolute atomic E-state index is 0.567. The zero-order chi connectivity index (χ0) is 16.4. The number of benzene rings is 2. The fourth-order valence-corrected chi connectivity index (χ4v) is 3.24. The quantitative estimate of drug-likeness (QED) is 0.802. The third kappa shape index (κ3) is 3.13. The van der Waals surface area contributed by atoms with Crippen molar-refractivity contribution in [1.82, 2.24) is 14.5 Å². The first-order valence-corrected chi connectivity index (χ1v) is 8.38. The van der Waals surface area contributed by atoms with Gasteiger partial charge in [-0.3, -0.25) is 4.90 Å². The minimum atomic E-state index is 0.567. The van der Waals surface area contributed by atoms with Crippen LogP contribution in [0, 0.1) is 0 Å². The van der Waals surface area contributed by atoms with E-state index in [4.69, 9.17) is 10.5 Å². The molecule has 3 aromatic rings. The summed E-state index contributed by atoms with van der Waals surface area (Å²) in [5, 5.41) is 0. The predicted octanol–water partition coefficient (Wildman–Crippen LogP) is 2.50. The molecule has 0 saturated carbocycles. The summed E-state index contributed by atoms with van der Waals surface area (Å²) in [5.41, 5.74) is 10.7. The SMILES string of the molecule is Nc1nc2cc(CN3CCOCC3)ccc2n1Cc1ccccc1. The number of hydrogen-bond donors (Lipinski definition) is 1. The van der Waals surface area contributed by atoms with Gasteiger partial charge in [0.2, 0.25) is 5.95 Å². The van der Waals surface area contributed by atoms with Crippen molar-refractivity contribution in [2.45, 2.75) is 13.1 Å². The molecule has 0 radical (unpaired) electrons. The van der Waals surface area contributed by atoms with Crippen molar-refractivity contribution in [3.05, 3.63) is 59.7 Å². The number of rotatable bonds is 4. The van der Waals surface area contributed by atoms with E-state index >= 15 is 0 Å². The number of imidazole rings is 1. The Labute approximate surface area is 141 Å². The summed E-state index contributed by atoms with van der Waals surface area (Å²) in [4.78, 5) is 6.97. The predicted molar refractivity (Wildman–Crippen MR) is 95.8 cm³/mol. The fourth-order valence-electron chi connectivity index (χ4n) is 3.24. The van der Waals surface area contributed by atoms with Crippen LogP contribution >= 0.6 is 0 Å². The Morgan fingerprint density at radius 3 is 2.54 bits per heavy atom. The summed E-state index contributed by atoms with van der Waals surface area (Å²) in [6.07, 6.45) is 0. The molecule has 2 heterocycles. The Morgan fingerprint density at radius 1 is 0.958 bits per heavy atom. The zero-order valence-electron chi connectivity index (χ0n) is 13.7. The summed E-state index contributed by atoms with van der Waals surface area (Å²) in [7, 11) is 0. The molecular formula is C19H22N4O. The van der Waals surface area contributed by atoms with Gasteiger partial charge in [0, 0.05) is 19.6 Å². The highest BCUT2D eigenvalue weighted by molar-refractivity contribution is 5.79. The molecule has 0 atom stereocenters. The molecule has 0 spiro atoms. The summed E-state index contributed by atoms with van der Waals surface area (Å²) >= 11 is 0. The maximum Gasteiger partial charge on any atom is 0.201 e. The van der Waals surface area contributed by atoms with Gasteiger partial charge >= 0.3 is 0 Å². The molecule has 1 aliphatic heterocycles. The lowest BCUT2D eigenvalue weighted by Gasteiger charge is -2.26. The van der Waals surface area contributed by atoms with E-state index in [1.807, 2.05) is 18.2 Å². The van der Waals surface area contributed by atoms with Crippen LogP contribution in [0.4, 0.5) is 5.95 Å². The molecule has 0 amide bonds. The summed E-state index contributed by atoms with van der Waals surface area (Å²) in [5.74, 6) is 0.567. The van der Waals surface area contributed by atoms with E-state index in [2.05, 4.69) is 44.8 Å². The Morgan fingerprint density at radius 2 is 1.75 bits per heavy atom. The number of nitrogens with zero attached hydrogens (tertiary/aromatic N) is 3. The Hall–Kier alpha value is -2.37. The molecular weight excluding hydrogens is 300 g/mol. The molecule has 5 heteroatoms. The van der Waals surface area contributed by atoms with Crippen LogP contribution in [0.25, 0.3) is 11.0 Å². The molecule has 1 fully saturated rings. The van der Waals surface area contributed by atoms with Crippen molar-refractivity contribution in [2.75, 3.05) is 32.0 Å². The van der Waals surface area contributed by atoms with E-state index in [1.165, 1.54) is 11.1 Å². The van der Waals surface area contributed by atoms with E-state index in [-0.39, 0.29) is 0 Å². The van der Waals surface area contributed by atoms with Crippen molar-refractivity contribution >= 4 is 17.0 Å². The van der Waals surface area contributed by atoms with Crippen molar-refractivity contribution < 1.29 is 4.74 Å². The monoisotopic (exact) mass is 322 g/mol. The summed E-state index contributed by atoms with van der Waals surface area (Å²) < 4.78 is 7.48. The topological polar surface area (TPSA) is 56.3 Å². The van der Waals surface area contributed by atoms with Gasteiger partial charge in [-0.05, 0) is 23.3 Å². The maximum atomic E-state index is 6.16. The van der Waals surface area contributed by atoms with Crippen LogP contribution in [0.5, 0.6) is 0 Å². The first-order valence-electron chi connectivity index (χ1n) is 8.38. The van der Waals surface area contributed by atoms with Gasteiger partial charge in [0.15, 0.2) is 0 Å². The van der Waals surface area contributed by atoms with E-state index in [0.29, 0.717) is 5.95 Å². The number of aromatic nitrogens is 2. The van der Waals surface area contributed by atoms with Crippen molar-refractivity contribution in [2.24, 2.45) is 0 Å². The Kier molecular flexibility index (Phi) is 4.19. The van der Waals surface area contributed by atoms with Crippen LogP contribution in [0.15, 0.2) is 48.5 Å². The molecule has 1 saturated heterocycles. The molecule has 1 aromatic heterocycles. The molecule has 0 unspecified atom stereocenters. The number of morpholine rings is 1. The number of ether oxygens (including phenoxy) is 1. The molecule has 4 rings (SSSR count). The van der Waals surface area contributed by atoms with Gasteiger partial charge in [0.25, 0.3) is 0 Å². The van der Waals surface area contributed by atoms with E-state index in [0.717, 1.165) is 50.4 Å². The first kappa shape index (κ1) is 15.2. The Balaban J connectivity index is 1.59. The number of anilines is 1. The molecule has 2 aromatic carbocycles. The highest BCUT2D eigenvalue weighted by Gasteiger charge is 2.13. The molecule has 5 nitrogen and oxygen atoms in total.